The molecule has 29 heavy (non-hydrogen) atoms. The lowest BCUT2D eigenvalue weighted by Crippen LogP contribution is -2.50. The van der Waals surface area contributed by atoms with Crippen LogP contribution in [0.1, 0.15) is 40.6 Å². The van der Waals surface area contributed by atoms with Gasteiger partial charge in [-0.2, -0.15) is 4.98 Å². The Morgan fingerprint density at radius 3 is 2.62 bits per heavy atom. The molecular formula is C21H23N5O3. The van der Waals surface area contributed by atoms with Crippen LogP contribution in [0, 0.1) is 0 Å². The van der Waals surface area contributed by atoms with Gasteiger partial charge in [-0.1, -0.05) is 35.5 Å². The van der Waals surface area contributed by atoms with Crippen molar-refractivity contribution in [3.8, 4) is 0 Å². The van der Waals surface area contributed by atoms with Crippen LogP contribution in [0.5, 0.6) is 0 Å². The minimum absolute atomic E-state index is 0.0376. The summed E-state index contributed by atoms with van der Waals surface area (Å²) in [6, 6.07) is 13.2. The number of H-pyrrole nitrogens is 1. The van der Waals surface area contributed by atoms with Gasteiger partial charge in [-0.25, -0.2) is 0 Å². The van der Waals surface area contributed by atoms with Crippen molar-refractivity contribution in [3.05, 3.63) is 81.9 Å². The van der Waals surface area contributed by atoms with Gasteiger partial charge >= 0.3 is 0 Å². The molecule has 2 aromatic heterocycles. The quantitative estimate of drug-likeness (QED) is 0.711. The van der Waals surface area contributed by atoms with Gasteiger partial charge in [-0.05, 0) is 24.6 Å². The van der Waals surface area contributed by atoms with Gasteiger partial charge in [0.15, 0.2) is 5.82 Å². The van der Waals surface area contributed by atoms with E-state index in [1.165, 1.54) is 6.20 Å². The molecular weight excluding hydrogens is 370 g/mol. The molecule has 0 radical (unpaired) electrons. The number of hydrogen-bond acceptors (Lipinski definition) is 6. The highest BCUT2D eigenvalue weighted by molar-refractivity contribution is 5.93. The number of aromatic nitrogens is 3. The Labute approximate surface area is 168 Å². The van der Waals surface area contributed by atoms with E-state index in [0.717, 1.165) is 5.56 Å². The second kappa shape index (κ2) is 8.40. The second-order valence-corrected chi connectivity index (χ2v) is 7.13. The summed E-state index contributed by atoms with van der Waals surface area (Å²) in [7, 11) is 0. The maximum atomic E-state index is 12.6. The number of nitrogens with zero attached hydrogens (tertiary/aromatic N) is 4. The predicted octanol–water partition coefficient (Wildman–Crippen LogP) is 1.87. The number of aromatic amines is 1. The molecule has 0 spiro atoms. The Balaban J connectivity index is 1.36. The third kappa shape index (κ3) is 4.27. The minimum atomic E-state index is -0.356. The molecule has 1 atom stereocenters. The molecule has 3 heterocycles. The van der Waals surface area contributed by atoms with Crippen LogP contribution >= 0.6 is 0 Å². The van der Waals surface area contributed by atoms with E-state index < -0.39 is 0 Å². The van der Waals surface area contributed by atoms with Crippen molar-refractivity contribution >= 4 is 5.91 Å². The average Bonchev–Trinajstić information content (AvgIpc) is 3.22. The molecule has 1 N–H and O–H groups in total. The highest BCUT2D eigenvalue weighted by Gasteiger charge is 2.28. The van der Waals surface area contributed by atoms with Crippen molar-refractivity contribution in [1.29, 1.82) is 0 Å². The Kier molecular flexibility index (Phi) is 5.53. The van der Waals surface area contributed by atoms with Crippen LogP contribution < -0.4 is 5.56 Å². The maximum Gasteiger partial charge on any atom is 0.260 e. The van der Waals surface area contributed by atoms with Crippen LogP contribution in [-0.4, -0.2) is 57.0 Å². The van der Waals surface area contributed by atoms with E-state index in [4.69, 9.17) is 4.52 Å². The van der Waals surface area contributed by atoms with Crippen molar-refractivity contribution < 1.29 is 9.32 Å². The van der Waals surface area contributed by atoms with Gasteiger partial charge in [0.25, 0.3) is 11.5 Å². The first-order valence-electron chi connectivity index (χ1n) is 9.69. The van der Waals surface area contributed by atoms with Gasteiger partial charge < -0.3 is 14.4 Å². The summed E-state index contributed by atoms with van der Waals surface area (Å²) in [6.45, 7) is 4.46. The molecule has 8 heteroatoms. The van der Waals surface area contributed by atoms with Crippen molar-refractivity contribution in [2.75, 3.05) is 26.2 Å². The van der Waals surface area contributed by atoms with Gasteiger partial charge in [-0.15, -0.1) is 0 Å². The number of hydrogen-bond donors (Lipinski definition) is 1. The zero-order valence-electron chi connectivity index (χ0n) is 16.2. The summed E-state index contributed by atoms with van der Waals surface area (Å²) < 4.78 is 5.48. The largest absolute Gasteiger partial charge is 0.338 e. The van der Waals surface area contributed by atoms with Crippen LogP contribution in [-0.2, 0) is 6.42 Å². The van der Waals surface area contributed by atoms with Crippen molar-refractivity contribution in [2.45, 2.75) is 19.4 Å². The first-order chi connectivity index (χ1) is 14.1. The minimum Gasteiger partial charge on any atom is -0.338 e. The number of carbonyl (C=O) groups is 1. The fourth-order valence-corrected chi connectivity index (χ4v) is 3.52. The smallest absolute Gasteiger partial charge is 0.260 e. The Morgan fingerprint density at radius 2 is 1.90 bits per heavy atom. The van der Waals surface area contributed by atoms with Crippen molar-refractivity contribution in [3.63, 3.8) is 0 Å². The zero-order valence-corrected chi connectivity index (χ0v) is 16.2. The van der Waals surface area contributed by atoms with Gasteiger partial charge in [0.1, 0.15) is 5.56 Å². The molecule has 0 aliphatic carbocycles. The molecule has 1 fully saturated rings. The first kappa shape index (κ1) is 19.1. The van der Waals surface area contributed by atoms with Gasteiger partial charge in [-0.3, -0.25) is 14.5 Å². The topological polar surface area (TPSA) is 95.3 Å². The summed E-state index contributed by atoms with van der Waals surface area (Å²) in [5.74, 6) is 1.01. The van der Waals surface area contributed by atoms with Crippen LogP contribution in [0.4, 0.5) is 0 Å². The molecule has 4 rings (SSSR count). The van der Waals surface area contributed by atoms with E-state index >= 15 is 0 Å². The molecule has 150 valence electrons. The van der Waals surface area contributed by atoms with E-state index in [-0.39, 0.29) is 23.1 Å². The van der Waals surface area contributed by atoms with Crippen LogP contribution in [0.2, 0.25) is 0 Å². The molecule has 8 nitrogen and oxygen atoms in total. The van der Waals surface area contributed by atoms with Crippen molar-refractivity contribution in [2.24, 2.45) is 0 Å². The van der Waals surface area contributed by atoms with Gasteiger partial charge in [0, 0.05) is 38.8 Å². The summed E-state index contributed by atoms with van der Waals surface area (Å²) >= 11 is 0. The third-order valence-corrected chi connectivity index (χ3v) is 5.24. The number of amides is 1. The van der Waals surface area contributed by atoms with Crippen LogP contribution in [0.25, 0.3) is 0 Å². The molecule has 1 amide bonds. The molecule has 0 unspecified atom stereocenters. The van der Waals surface area contributed by atoms with E-state index in [1.54, 1.807) is 17.0 Å². The van der Waals surface area contributed by atoms with E-state index in [1.807, 2.05) is 37.3 Å². The lowest BCUT2D eigenvalue weighted by Gasteiger charge is -2.36. The normalized spacial score (nSPS) is 16.0. The Hall–Kier alpha value is -3.26. The predicted molar refractivity (Wildman–Crippen MR) is 107 cm³/mol. The number of nitrogens with one attached hydrogen (secondary N) is 1. The molecule has 1 saturated heterocycles. The van der Waals surface area contributed by atoms with Gasteiger partial charge in [0.05, 0.1) is 6.04 Å². The lowest BCUT2D eigenvalue weighted by atomic mass is 10.1. The number of carbonyl (C=O) groups excluding carboxylic acids is 1. The third-order valence-electron chi connectivity index (χ3n) is 5.24. The summed E-state index contributed by atoms with van der Waals surface area (Å²) in [6.07, 6.45) is 2.15. The second-order valence-electron chi connectivity index (χ2n) is 7.13. The highest BCUT2D eigenvalue weighted by atomic mass is 16.5. The van der Waals surface area contributed by atoms with Gasteiger partial charge in [0.2, 0.25) is 5.89 Å². The number of benzene rings is 1. The average molecular weight is 393 g/mol. The maximum absolute atomic E-state index is 12.6. The number of piperazine rings is 1. The van der Waals surface area contributed by atoms with Crippen molar-refractivity contribution in [1.82, 2.24) is 24.9 Å². The summed E-state index contributed by atoms with van der Waals surface area (Å²) in [5, 5.41) is 4.10. The molecule has 1 aromatic carbocycles. The van der Waals surface area contributed by atoms with E-state index in [0.29, 0.717) is 44.3 Å². The monoisotopic (exact) mass is 393 g/mol. The molecule has 1 aliphatic heterocycles. The summed E-state index contributed by atoms with van der Waals surface area (Å²) in [4.78, 5) is 35.5. The van der Waals surface area contributed by atoms with E-state index in [9.17, 15) is 9.59 Å². The highest BCUT2D eigenvalue weighted by Crippen LogP contribution is 2.21. The standard InChI is InChI=1S/C21H23N5O3/c1-15(20-23-18(24-29-20)14-16-6-3-2-4-7-16)25-10-12-26(13-11-25)21(28)17-8-5-9-22-19(17)27/h2-9,15H,10-14H2,1H3,(H,22,27)/t15-/m0/s1. The fraction of sp³-hybridized carbons (Fsp3) is 0.333. The number of rotatable bonds is 5. The lowest BCUT2D eigenvalue weighted by molar-refractivity contribution is 0.0550. The molecule has 1 aliphatic rings. The Morgan fingerprint density at radius 1 is 1.14 bits per heavy atom. The molecule has 0 bridgehead atoms. The van der Waals surface area contributed by atoms with E-state index in [2.05, 4.69) is 20.0 Å². The SMILES string of the molecule is C[C@@H](c1nc(Cc2ccccc2)no1)N1CCN(C(=O)c2ccc[nH]c2=O)CC1. The number of pyridine rings is 1. The zero-order chi connectivity index (χ0) is 20.2. The first-order valence-corrected chi connectivity index (χ1v) is 9.69. The summed E-state index contributed by atoms with van der Waals surface area (Å²) in [5.41, 5.74) is 0.956. The Bertz CT molecular complexity index is 1020. The molecule has 0 saturated carbocycles. The van der Waals surface area contributed by atoms with Crippen LogP contribution in [0.15, 0.2) is 58.0 Å². The van der Waals surface area contributed by atoms with Crippen LogP contribution in [0.3, 0.4) is 0 Å². The fourth-order valence-electron chi connectivity index (χ4n) is 3.52. The molecule has 3 aromatic rings.